The Balaban J connectivity index is 2.38. The quantitative estimate of drug-likeness (QED) is 0.817. The molecular weight excluding hydrogens is 271 g/mol. The van der Waals surface area contributed by atoms with Crippen LogP contribution in [0, 0.1) is 5.41 Å². The first-order valence-electron chi connectivity index (χ1n) is 6.15. The van der Waals surface area contributed by atoms with E-state index in [-0.39, 0.29) is 17.9 Å². The number of benzene rings is 1. The average molecular weight is 287 g/mol. The van der Waals surface area contributed by atoms with Crippen LogP contribution in [0.3, 0.4) is 0 Å². The van der Waals surface area contributed by atoms with Gasteiger partial charge in [-0.1, -0.05) is 0 Å². The number of alkyl halides is 3. The second-order valence-corrected chi connectivity index (χ2v) is 5.37. The summed E-state index contributed by atoms with van der Waals surface area (Å²) in [5, 5.41) is 0. The molecule has 0 saturated carbocycles. The number of hydrogen-bond donors (Lipinski definition) is 2. The van der Waals surface area contributed by atoms with E-state index in [1.165, 1.54) is 17.0 Å². The number of carbonyl (C=O) groups excluding carboxylic acids is 1. The molecule has 7 heteroatoms. The Bertz CT molecular complexity index is 544. The number of carbonyl (C=O) groups is 1. The highest BCUT2D eigenvalue weighted by molar-refractivity contribution is 5.82. The van der Waals surface area contributed by atoms with Crippen LogP contribution in [0.2, 0.25) is 0 Å². The lowest BCUT2D eigenvalue weighted by molar-refractivity contribution is -0.137. The van der Waals surface area contributed by atoms with Gasteiger partial charge in [-0.05, 0) is 31.5 Å². The molecule has 1 unspecified atom stereocenters. The van der Waals surface area contributed by atoms with E-state index in [2.05, 4.69) is 0 Å². The van der Waals surface area contributed by atoms with E-state index in [9.17, 15) is 18.0 Å². The molecule has 0 aromatic heterocycles. The minimum atomic E-state index is -4.49. The lowest BCUT2D eigenvalue weighted by atomic mass is 9.89. The molecule has 1 atom stereocenters. The maximum atomic E-state index is 13.1. The minimum absolute atomic E-state index is 0.0386. The molecule has 1 heterocycles. The second-order valence-electron chi connectivity index (χ2n) is 5.37. The van der Waals surface area contributed by atoms with Gasteiger partial charge >= 0.3 is 6.18 Å². The summed E-state index contributed by atoms with van der Waals surface area (Å²) in [6.07, 6.45) is -4.06. The topological polar surface area (TPSA) is 72.4 Å². The number of amides is 1. The predicted molar refractivity (Wildman–Crippen MR) is 70.0 cm³/mol. The van der Waals surface area contributed by atoms with E-state index >= 15 is 0 Å². The van der Waals surface area contributed by atoms with Gasteiger partial charge in [0.2, 0.25) is 5.91 Å². The first-order valence-corrected chi connectivity index (χ1v) is 6.15. The largest absolute Gasteiger partial charge is 0.418 e. The van der Waals surface area contributed by atoms with Crippen LogP contribution >= 0.6 is 0 Å². The first kappa shape index (κ1) is 14.5. The molecule has 0 spiro atoms. The summed E-state index contributed by atoms with van der Waals surface area (Å²) in [7, 11) is 0. The number of halogens is 3. The molecular formula is C13H16F3N3O. The number of nitrogens with zero attached hydrogens (tertiary/aromatic N) is 1. The molecule has 1 fully saturated rings. The van der Waals surface area contributed by atoms with Crippen LogP contribution in [0.25, 0.3) is 0 Å². The van der Waals surface area contributed by atoms with E-state index in [4.69, 9.17) is 11.5 Å². The van der Waals surface area contributed by atoms with Crippen molar-refractivity contribution in [2.75, 3.05) is 23.7 Å². The van der Waals surface area contributed by atoms with Crippen molar-refractivity contribution in [2.24, 2.45) is 11.1 Å². The Morgan fingerprint density at radius 3 is 2.55 bits per heavy atom. The van der Waals surface area contributed by atoms with Crippen LogP contribution in [-0.2, 0) is 11.0 Å². The number of hydrogen-bond acceptors (Lipinski definition) is 3. The molecule has 1 saturated heterocycles. The summed E-state index contributed by atoms with van der Waals surface area (Å²) >= 11 is 0. The molecule has 0 bridgehead atoms. The van der Waals surface area contributed by atoms with Crippen molar-refractivity contribution in [3.05, 3.63) is 23.8 Å². The van der Waals surface area contributed by atoms with Crippen molar-refractivity contribution in [1.82, 2.24) is 0 Å². The zero-order valence-corrected chi connectivity index (χ0v) is 11.0. The third-order valence-electron chi connectivity index (χ3n) is 3.73. The Morgan fingerprint density at radius 1 is 1.40 bits per heavy atom. The van der Waals surface area contributed by atoms with Crippen molar-refractivity contribution in [1.29, 1.82) is 0 Å². The molecule has 1 amide bonds. The van der Waals surface area contributed by atoms with Crippen LogP contribution in [0.5, 0.6) is 0 Å². The summed E-state index contributed by atoms with van der Waals surface area (Å²) in [4.78, 5) is 12.9. The number of nitrogen functional groups attached to an aromatic ring is 1. The second kappa shape index (κ2) is 4.57. The van der Waals surface area contributed by atoms with E-state index < -0.39 is 23.1 Å². The normalized spacial score (nSPS) is 23.1. The highest BCUT2D eigenvalue weighted by Crippen LogP contribution is 2.41. The zero-order chi connectivity index (χ0) is 15.1. The fourth-order valence-corrected chi connectivity index (χ4v) is 2.42. The SMILES string of the molecule is CC1(C(N)=O)CCN(c2ccc(N)cc2C(F)(F)F)C1. The van der Waals surface area contributed by atoms with Crippen LogP contribution in [0.15, 0.2) is 18.2 Å². The van der Waals surface area contributed by atoms with Gasteiger partial charge in [0.05, 0.1) is 11.0 Å². The molecule has 1 aromatic rings. The van der Waals surface area contributed by atoms with E-state index in [1.54, 1.807) is 6.92 Å². The lowest BCUT2D eigenvalue weighted by Crippen LogP contribution is -2.37. The molecule has 1 aliphatic rings. The molecule has 2 rings (SSSR count). The Labute approximate surface area is 114 Å². The summed E-state index contributed by atoms with van der Waals surface area (Å²) in [6.45, 7) is 2.20. The van der Waals surface area contributed by atoms with Gasteiger partial charge < -0.3 is 16.4 Å². The maximum absolute atomic E-state index is 13.1. The molecule has 0 radical (unpaired) electrons. The number of anilines is 2. The van der Waals surface area contributed by atoms with Gasteiger partial charge in [0, 0.05) is 24.5 Å². The van der Waals surface area contributed by atoms with E-state index in [1.807, 2.05) is 0 Å². The third-order valence-corrected chi connectivity index (χ3v) is 3.73. The monoisotopic (exact) mass is 287 g/mol. The minimum Gasteiger partial charge on any atom is -0.399 e. The Morgan fingerprint density at radius 2 is 2.05 bits per heavy atom. The molecule has 1 aliphatic heterocycles. The lowest BCUT2D eigenvalue weighted by Gasteiger charge is -2.25. The summed E-state index contributed by atoms with van der Waals surface area (Å²) in [6, 6.07) is 3.67. The van der Waals surface area contributed by atoms with Crippen molar-refractivity contribution in [2.45, 2.75) is 19.5 Å². The maximum Gasteiger partial charge on any atom is 0.418 e. The van der Waals surface area contributed by atoms with Crippen molar-refractivity contribution in [3.63, 3.8) is 0 Å². The first-order chi connectivity index (χ1) is 9.13. The number of primary amides is 1. The van der Waals surface area contributed by atoms with Gasteiger partial charge in [0.1, 0.15) is 0 Å². The van der Waals surface area contributed by atoms with Crippen molar-refractivity contribution in [3.8, 4) is 0 Å². The van der Waals surface area contributed by atoms with Crippen molar-refractivity contribution >= 4 is 17.3 Å². The third kappa shape index (κ3) is 2.52. The molecule has 4 nitrogen and oxygen atoms in total. The highest BCUT2D eigenvalue weighted by atomic mass is 19.4. The predicted octanol–water partition coefficient (Wildman–Crippen LogP) is 1.99. The molecule has 0 aliphatic carbocycles. The number of rotatable bonds is 2. The molecule has 1 aromatic carbocycles. The van der Waals surface area contributed by atoms with Gasteiger partial charge in [-0.3, -0.25) is 4.79 Å². The smallest absolute Gasteiger partial charge is 0.399 e. The summed E-state index contributed by atoms with van der Waals surface area (Å²) < 4.78 is 39.2. The Kier molecular flexibility index (Phi) is 3.31. The van der Waals surface area contributed by atoms with Crippen molar-refractivity contribution < 1.29 is 18.0 Å². The van der Waals surface area contributed by atoms with E-state index in [0.29, 0.717) is 13.0 Å². The molecule has 110 valence electrons. The standard InChI is InChI=1S/C13H16F3N3O/c1-12(11(18)20)4-5-19(7-12)10-3-2-8(17)6-9(10)13(14,15)16/h2-3,6H,4-5,7,17H2,1H3,(H2,18,20). The average Bonchev–Trinajstić information content (AvgIpc) is 2.72. The highest BCUT2D eigenvalue weighted by Gasteiger charge is 2.42. The van der Waals surface area contributed by atoms with Gasteiger partial charge in [0.15, 0.2) is 0 Å². The Hall–Kier alpha value is -1.92. The zero-order valence-electron chi connectivity index (χ0n) is 11.0. The van der Waals surface area contributed by atoms with Crippen LogP contribution in [-0.4, -0.2) is 19.0 Å². The van der Waals surface area contributed by atoms with Gasteiger partial charge in [-0.25, -0.2) is 0 Å². The number of nitrogens with two attached hydrogens (primary N) is 2. The van der Waals surface area contributed by atoms with Gasteiger partial charge in [-0.15, -0.1) is 0 Å². The summed E-state index contributed by atoms with van der Waals surface area (Å²) in [5.41, 5.74) is 9.25. The fourth-order valence-electron chi connectivity index (χ4n) is 2.42. The van der Waals surface area contributed by atoms with Gasteiger partial charge in [0.25, 0.3) is 0 Å². The molecule has 4 N–H and O–H groups in total. The van der Waals surface area contributed by atoms with E-state index in [0.717, 1.165) is 6.07 Å². The fraction of sp³-hybridized carbons (Fsp3) is 0.462. The van der Waals surface area contributed by atoms with Crippen LogP contribution in [0.1, 0.15) is 18.9 Å². The summed E-state index contributed by atoms with van der Waals surface area (Å²) in [5.74, 6) is -0.496. The van der Waals surface area contributed by atoms with Crippen LogP contribution in [0.4, 0.5) is 24.5 Å². The van der Waals surface area contributed by atoms with Gasteiger partial charge in [-0.2, -0.15) is 13.2 Å². The molecule has 20 heavy (non-hydrogen) atoms. The van der Waals surface area contributed by atoms with Crippen LogP contribution < -0.4 is 16.4 Å².